The Labute approximate surface area is 214 Å². The van der Waals surface area contributed by atoms with Crippen molar-refractivity contribution in [2.75, 3.05) is 32.8 Å². The van der Waals surface area contributed by atoms with Crippen molar-refractivity contribution in [1.29, 1.82) is 0 Å². The van der Waals surface area contributed by atoms with E-state index in [0.717, 1.165) is 16.3 Å². The average molecular weight is 509 g/mol. The van der Waals surface area contributed by atoms with Gasteiger partial charge in [-0.25, -0.2) is 0 Å². The predicted molar refractivity (Wildman–Crippen MR) is 141 cm³/mol. The molecule has 4 rings (SSSR count). The molecule has 4 N–H and O–H groups in total. The van der Waals surface area contributed by atoms with Gasteiger partial charge in [0.2, 0.25) is 11.8 Å². The number of thiophene rings is 1. The summed E-state index contributed by atoms with van der Waals surface area (Å²) in [5.41, 5.74) is -0.0472. The average Bonchev–Trinajstić information content (AvgIpc) is 3.36. The molecule has 1 aromatic heterocycles. The third-order valence-corrected chi connectivity index (χ3v) is 7.24. The van der Waals surface area contributed by atoms with Crippen molar-refractivity contribution in [1.82, 2.24) is 21.3 Å². The largest absolute Gasteiger partial charge is 0.492 e. The zero-order valence-corrected chi connectivity index (χ0v) is 21.2. The first kappa shape index (κ1) is 25.7. The topological polar surface area (TPSA) is 109 Å². The Morgan fingerprint density at radius 2 is 1.75 bits per heavy atom. The van der Waals surface area contributed by atoms with Gasteiger partial charge in [0.25, 0.3) is 5.91 Å². The molecule has 0 unspecified atom stereocenters. The molecule has 0 bridgehead atoms. The second-order valence-corrected chi connectivity index (χ2v) is 9.67. The molecule has 0 aliphatic carbocycles. The van der Waals surface area contributed by atoms with Crippen molar-refractivity contribution in [3.63, 3.8) is 0 Å². The molecule has 1 aliphatic rings. The maximum absolute atomic E-state index is 13.2. The van der Waals surface area contributed by atoms with Crippen LogP contribution in [0.1, 0.15) is 35.0 Å². The van der Waals surface area contributed by atoms with E-state index in [1.807, 2.05) is 49.4 Å². The predicted octanol–water partition coefficient (Wildman–Crippen LogP) is 2.63. The van der Waals surface area contributed by atoms with Crippen LogP contribution in [0.4, 0.5) is 0 Å². The summed E-state index contributed by atoms with van der Waals surface area (Å²) in [5.74, 6) is -0.130. The van der Waals surface area contributed by atoms with Gasteiger partial charge in [0, 0.05) is 13.1 Å². The second-order valence-electron chi connectivity index (χ2n) is 8.75. The number of hydrogen-bond acceptors (Lipinski definition) is 6. The Morgan fingerprint density at radius 1 is 1.00 bits per heavy atom. The molecular formula is C27H32N4O4S. The molecule has 2 heterocycles. The maximum Gasteiger partial charge on any atom is 0.266 e. The molecule has 0 spiro atoms. The lowest BCUT2D eigenvalue weighted by Gasteiger charge is -2.37. The number of nitrogens with one attached hydrogen (secondary N) is 4. The zero-order chi connectivity index (χ0) is 25.4. The number of carbonyl (C=O) groups excluding carboxylic acids is 3. The van der Waals surface area contributed by atoms with E-state index in [-0.39, 0.29) is 30.7 Å². The van der Waals surface area contributed by atoms with Crippen LogP contribution in [0.2, 0.25) is 0 Å². The van der Waals surface area contributed by atoms with Gasteiger partial charge in [-0.2, -0.15) is 0 Å². The molecule has 8 nitrogen and oxygen atoms in total. The summed E-state index contributed by atoms with van der Waals surface area (Å²) in [4.78, 5) is 39.2. The Hall–Kier alpha value is -3.43. The molecule has 36 heavy (non-hydrogen) atoms. The molecule has 9 heteroatoms. The van der Waals surface area contributed by atoms with Gasteiger partial charge in [0.1, 0.15) is 16.2 Å². The summed E-state index contributed by atoms with van der Waals surface area (Å²) >= 11 is 1.29. The first-order chi connectivity index (χ1) is 17.5. The first-order valence-corrected chi connectivity index (χ1v) is 13.2. The summed E-state index contributed by atoms with van der Waals surface area (Å²) in [6.45, 7) is 4.14. The second kappa shape index (κ2) is 12.0. The minimum atomic E-state index is -1.01. The first-order valence-electron chi connectivity index (χ1n) is 12.3. The Morgan fingerprint density at radius 3 is 2.56 bits per heavy atom. The van der Waals surface area contributed by atoms with E-state index in [2.05, 4.69) is 21.3 Å². The fourth-order valence-electron chi connectivity index (χ4n) is 4.50. The fourth-order valence-corrected chi connectivity index (χ4v) is 5.23. The number of piperidine rings is 1. The van der Waals surface area contributed by atoms with Crippen molar-refractivity contribution in [2.45, 2.75) is 31.7 Å². The van der Waals surface area contributed by atoms with Crippen molar-refractivity contribution < 1.29 is 19.1 Å². The van der Waals surface area contributed by atoms with E-state index >= 15 is 0 Å². The lowest BCUT2D eigenvalue weighted by atomic mass is 9.87. The molecule has 1 aliphatic heterocycles. The third-order valence-electron chi connectivity index (χ3n) is 6.34. The standard InChI is InChI=1S/C27H32N4O4S/c1-2-35-22-10-17-36-24(22)25(33)31-27(11-13-28-14-12-27)26(34)30-16-15-29-23(32)18-20-8-5-7-19-6-3-4-9-21(19)20/h3-10,17,28H,2,11-16,18H2,1H3,(H,29,32)(H,30,34)(H,31,33). The fraction of sp³-hybridized carbons (Fsp3) is 0.370. The van der Waals surface area contributed by atoms with E-state index in [1.165, 1.54) is 11.3 Å². The van der Waals surface area contributed by atoms with Crippen LogP contribution in [0.25, 0.3) is 10.8 Å². The maximum atomic E-state index is 13.2. The molecule has 3 amide bonds. The highest BCUT2D eigenvalue weighted by atomic mass is 32.1. The van der Waals surface area contributed by atoms with Crippen LogP contribution in [0.5, 0.6) is 5.75 Å². The summed E-state index contributed by atoms with van der Waals surface area (Å²) in [6, 6.07) is 15.7. The van der Waals surface area contributed by atoms with E-state index < -0.39 is 5.54 Å². The summed E-state index contributed by atoms with van der Waals surface area (Å²) in [7, 11) is 0. The zero-order valence-electron chi connectivity index (χ0n) is 20.4. The van der Waals surface area contributed by atoms with Gasteiger partial charge in [0.05, 0.1) is 13.0 Å². The van der Waals surface area contributed by atoms with Crippen molar-refractivity contribution in [3.05, 3.63) is 64.4 Å². The molecule has 2 aromatic carbocycles. The van der Waals surface area contributed by atoms with E-state index in [0.29, 0.717) is 49.7 Å². The van der Waals surface area contributed by atoms with Crippen LogP contribution >= 0.6 is 11.3 Å². The van der Waals surface area contributed by atoms with Gasteiger partial charge in [-0.1, -0.05) is 42.5 Å². The van der Waals surface area contributed by atoms with E-state index in [4.69, 9.17) is 4.74 Å². The van der Waals surface area contributed by atoms with Crippen LogP contribution in [-0.4, -0.2) is 56.0 Å². The van der Waals surface area contributed by atoms with Crippen LogP contribution in [0, 0.1) is 0 Å². The Balaban J connectivity index is 1.31. The lowest BCUT2D eigenvalue weighted by Crippen LogP contribution is -2.63. The number of amides is 3. The van der Waals surface area contributed by atoms with Gasteiger partial charge in [-0.05, 0) is 60.6 Å². The van der Waals surface area contributed by atoms with E-state index in [9.17, 15) is 14.4 Å². The minimum absolute atomic E-state index is 0.105. The van der Waals surface area contributed by atoms with Crippen LogP contribution in [0.3, 0.4) is 0 Å². The van der Waals surface area contributed by atoms with Crippen LogP contribution in [-0.2, 0) is 16.0 Å². The highest BCUT2D eigenvalue weighted by molar-refractivity contribution is 7.12. The molecule has 3 aromatic rings. The van der Waals surface area contributed by atoms with Crippen molar-refractivity contribution >= 4 is 39.8 Å². The van der Waals surface area contributed by atoms with Crippen molar-refractivity contribution in [3.8, 4) is 5.75 Å². The van der Waals surface area contributed by atoms with Gasteiger partial charge in [-0.15, -0.1) is 11.3 Å². The number of ether oxygens (including phenoxy) is 1. The summed E-state index contributed by atoms with van der Waals surface area (Å²) < 4.78 is 5.55. The van der Waals surface area contributed by atoms with Gasteiger partial charge >= 0.3 is 0 Å². The molecule has 0 atom stereocenters. The number of fused-ring (bicyclic) bond motifs is 1. The van der Waals surface area contributed by atoms with Gasteiger partial charge in [-0.3, -0.25) is 14.4 Å². The lowest BCUT2D eigenvalue weighted by molar-refractivity contribution is -0.128. The smallest absolute Gasteiger partial charge is 0.266 e. The highest BCUT2D eigenvalue weighted by Gasteiger charge is 2.41. The number of rotatable bonds is 10. The molecular weight excluding hydrogens is 476 g/mol. The molecule has 1 fully saturated rings. The quantitative estimate of drug-likeness (QED) is 0.315. The Kier molecular flexibility index (Phi) is 8.56. The van der Waals surface area contributed by atoms with Crippen molar-refractivity contribution in [2.24, 2.45) is 0 Å². The van der Waals surface area contributed by atoms with Crippen LogP contribution in [0.15, 0.2) is 53.9 Å². The monoisotopic (exact) mass is 508 g/mol. The molecule has 190 valence electrons. The minimum Gasteiger partial charge on any atom is -0.492 e. The number of benzene rings is 2. The van der Waals surface area contributed by atoms with Gasteiger partial charge < -0.3 is 26.0 Å². The SMILES string of the molecule is CCOc1ccsc1C(=O)NC1(C(=O)NCCNC(=O)Cc2cccc3ccccc23)CCNCC1. The summed E-state index contributed by atoms with van der Waals surface area (Å²) in [6.07, 6.45) is 1.23. The molecule has 0 radical (unpaired) electrons. The Bertz CT molecular complexity index is 1210. The van der Waals surface area contributed by atoms with E-state index in [1.54, 1.807) is 11.4 Å². The number of carbonyl (C=O) groups is 3. The highest BCUT2D eigenvalue weighted by Crippen LogP contribution is 2.27. The third kappa shape index (κ3) is 6.03. The number of hydrogen-bond donors (Lipinski definition) is 4. The van der Waals surface area contributed by atoms with Crippen LogP contribution < -0.4 is 26.0 Å². The normalized spacial score (nSPS) is 14.7. The molecule has 0 saturated carbocycles. The summed E-state index contributed by atoms with van der Waals surface area (Å²) in [5, 5.41) is 16.0. The van der Waals surface area contributed by atoms with Gasteiger partial charge in [0.15, 0.2) is 0 Å². The molecule has 1 saturated heterocycles.